The SMILES string of the molecule is CCCNS(=O)(=O)c1ccc(OCC(=O)N2CCOc3ccccc32)cc1. The maximum absolute atomic E-state index is 12.5. The lowest BCUT2D eigenvalue weighted by Crippen LogP contribution is -2.40. The molecule has 0 bridgehead atoms. The zero-order valence-electron chi connectivity index (χ0n) is 15.1. The first-order chi connectivity index (χ1) is 13.0. The number of sulfonamides is 1. The second-order valence-electron chi connectivity index (χ2n) is 6.02. The van der Waals surface area contributed by atoms with Crippen LogP contribution in [0.4, 0.5) is 5.69 Å². The highest BCUT2D eigenvalue weighted by atomic mass is 32.2. The molecule has 2 aromatic rings. The van der Waals surface area contributed by atoms with Crippen molar-refractivity contribution in [2.45, 2.75) is 18.2 Å². The zero-order chi connectivity index (χ0) is 19.3. The van der Waals surface area contributed by atoms with E-state index in [-0.39, 0.29) is 17.4 Å². The highest BCUT2D eigenvalue weighted by Crippen LogP contribution is 2.31. The third-order valence-corrected chi connectivity index (χ3v) is 5.54. The molecule has 0 atom stereocenters. The molecule has 7 nitrogen and oxygen atoms in total. The Hall–Kier alpha value is -2.58. The monoisotopic (exact) mass is 390 g/mol. The molecule has 0 unspecified atom stereocenters. The molecule has 2 aromatic carbocycles. The first-order valence-electron chi connectivity index (χ1n) is 8.76. The molecular formula is C19H22N2O5S. The van der Waals surface area contributed by atoms with E-state index >= 15 is 0 Å². The first-order valence-corrected chi connectivity index (χ1v) is 10.2. The van der Waals surface area contributed by atoms with Gasteiger partial charge in [0.1, 0.15) is 18.1 Å². The summed E-state index contributed by atoms with van der Waals surface area (Å²) in [5, 5.41) is 0. The van der Waals surface area contributed by atoms with Crippen LogP contribution in [0.1, 0.15) is 13.3 Å². The summed E-state index contributed by atoms with van der Waals surface area (Å²) in [6.45, 7) is 3.02. The van der Waals surface area contributed by atoms with E-state index in [1.165, 1.54) is 12.1 Å². The molecule has 0 radical (unpaired) electrons. The smallest absolute Gasteiger partial charge is 0.265 e. The molecule has 1 amide bonds. The summed E-state index contributed by atoms with van der Waals surface area (Å²) >= 11 is 0. The molecule has 0 aliphatic carbocycles. The van der Waals surface area contributed by atoms with Gasteiger partial charge in [0.2, 0.25) is 10.0 Å². The summed E-state index contributed by atoms with van der Waals surface area (Å²) in [5.74, 6) is 0.914. The van der Waals surface area contributed by atoms with Gasteiger partial charge in [-0.25, -0.2) is 13.1 Å². The van der Waals surface area contributed by atoms with Gasteiger partial charge in [-0.1, -0.05) is 19.1 Å². The zero-order valence-corrected chi connectivity index (χ0v) is 15.9. The van der Waals surface area contributed by atoms with Crippen molar-refractivity contribution in [3.8, 4) is 11.5 Å². The minimum Gasteiger partial charge on any atom is -0.490 e. The van der Waals surface area contributed by atoms with Gasteiger partial charge in [0.05, 0.1) is 17.1 Å². The van der Waals surface area contributed by atoms with Gasteiger partial charge in [0.25, 0.3) is 5.91 Å². The largest absolute Gasteiger partial charge is 0.490 e. The Bertz CT molecular complexity index is 897. The molecule has 0 saturated heterocycles. The fraction of sp³-hybridized carbons (Fsp3) is 0.316. The number of hydrogen-bond acceptors (Lipinski definition) is 5. The summed E-state index contributed by atoms with van der Waals surface area (Å²) < 4.78 is 37.7. The summed E-state index contributed by atoms with van der Waals surface area (Å²) in [5.41, 5.74) is 0.723. The third kappa shape index (κ3) is 4.58. The lowest BCUT2D eigenvalue weighted by atomic mass is 10.2. The lowest BCUT2D eigenvalue weighted by Gasteiger charge is -2.29. The molecule has 8 heteroatoms. The third-order valence-electron chi connectivity index (χ3n) is 4.07. The average Bonchev–Trinajstić information content (AvgIpc) is 2.70. The second kappa shape index (κ2) is 8.41. The van der Waals surface area contributed by atoms with Crippen LogP contribution < -0.4 is 19.1 Å². The number of ether oxygens (including phenoxy) is 2. The molecule has 1 heterocycles. The van der Waals surface area contributed by atoms with Crippen LogP contribution in [0.3, 0.4) is 0 Å². The number of para-hydroxylation sites is 2. The van der Waals surface area contributed by atoms with Crippen LogP contribution in [0.25, 0.3) is 0 Å². The molecule has 0 aromatic heterocycles. The summed E-state index contributed by atoms with van der Waals surface area (Å²) in [6, 6.07) is 13.4. The predicted molar refractivity (Wildman–Crippen MR) is 102 cm³/mol. The topological polar surface area (TPSA) is 84.9 Å². The molecule has 3 rings (SSSR count). The van der Waals surface area contributed by atoms with Crippen LogP contribution in [-0.2, 0) is 14.8 Å². The minimum atomic E-state index is -3.52. The van der Waals surface area contributed by atoms with Crippen LogP contribution in [0.2, 0.25) is 0 Å². The summed E-state index contributed by atoms with van der Waals surface area (Å²) in [6.07, 6.45) is 0.715. The van der Waals surface area contributed by atoms with Crippen molar-refractivity contribution in [3.05, 3.63) is 48.5 Å². The number of nitrogens with zero attached hydrogens (tertiary/aromatic N) is 1. The normalized spacial score (nSPS) is 13.6. The van der Waals surface area contributed by atoms with Crippen LogP contribution >= 0.6 is 0 Å². The number of anilines is 1. The lowest BCUT2D eigenvalue weighted by molar-refractivity contribution is -0.120. The minimum absolute atomic E-state index is 0.144. The van der Waals surface area contributed by atoms with Gasteiger partial charge in [0, 0.05) is 6.54 Å². The molecule has 144 valence electrons. The van der Waals surface area contributed by atoms with Crippen molar-refractivity contribution < 1.29 is 22.7 Å². The number of nitrogens with one attached hydrogen (secondary N) is 1. The van der Waals surface area contributed by atoms with Crippen LogP contribution in [0.15, 0.2) is 53.4 Å². The molecule has 0 spiro atoms. The molecule has 1 aliphatic rings. The molecule has 0 fully saturated rings. The van der Waals surface area contributed by atoms with E-state index in [0.29, 0.717) is 37.6 Å². The van der Waals surface area contributed by atoms with Crippen LogP contribution in [0.5, 0.6) is 11.5 Å². The van der Waals surface area contributed by atoms with E-state index in [2.05, 4.69) is 4.72 Å². The number of amides is 1. The van der Waals surface area contributed by atoms with Crippen molar-refractivity contribution in [2.24, 2.45) is 0 Å². The van der Waals surface area contributed by atoms with E-state index in [1.807, 2.05) is 31.2 Å². The molecule has 0 saturated carbocycles. The number of rotatable bonds is 7. The van der Waals surface area contributed by atoms with Crippen LogP contribution in [-0.4, -0.2) is 40.6 Å². The first kappa shape index (κ1) is 19.2. The summed E-state index contributed by atoms with van der Waals surface area (Å²) in [7, 11) is -3.52. The Morgan fingerprint density at radius 2 is 1.93 bits per heavy atom. The number of carbonyl (C=O) groups excluding carboxylic acids is 1. The van der Waals surface area contributed by atoms with Crippen molar-refractivity contribution in [2.75, 3.05) is 31.2 Å². The number of hydrogen-bond donors (Lipinski definition) is 1. The second-order valence-corrected chi connectivity index (χ2v) is 7.79. The van der Waals surface area contributed by atoms with Crippen molar-refractivity contribution in [1.29, 1.82) is 0 Å². The Morgan fingerprint density at radius 3 is 2.67 bits per heavy atom. The van der Waals surface area contributed by atoms with E-state index in [1.54, 1.807) is 17.0 Å². The number of benzene rings is 2. The summed E-state index contributed by atoms with van der Waals surface area (Å²) in [4.78, 5) is 14.3. The van der Waals surface area contributed by atoms with E-state index < -0.39 is 10.0 Å². The fourth-order valence-electron chi connectivity index (χ4n) is 2.69. The van der Waals surface area contributed by atoms with Gasteiger partial charge in [-0.2, -0.15) is 0 Å². The fourth-order valence-corrected chi connectivity index (χ4v) is 3.82. The van der Waals surface area contributed by atoms with Gasteiger partial charge in [-0.05, 0) is 42.8 Å². The van der Waals surface area contributed by atoms with E-state index in [0.717, 1.165) is 5.69 Å². The maximum Gasteiger partial charge on any atom is 0.265 e. The quantitative estimate of drug-likeness (QED) is 0.783. The molecule has 1 aliphatic heterocycles. The van der Waals surface area contributed by atoms with Crippen LogP contribution in [0, 0.1) is 0 Å². The van der Waals surface area contributed by atoms with E-state index in [4.69, 9.17) is 9.47 Å². The Balaban J connectivity index is 1.62. The highest BCUT2D eigenvalue weighted by Gasteiger charge is 2.23. The van der Waals surface area contributed by atoms with Gasteiger partial charge < -0.3 is 14.4 Å². The molecule has 1 N–H and O–H groups in total. The maximum atomic E-state index is 12.5. The van der Waals surface area contributed by atoms with Gasteiger partial charge in [-0.15, -0.1) is 0 Å². The Kier molecular flexibility index (Phi) is 5.98. The number of carbonyl (C=O) groups is 1. The van der Waals surface area contributed by atoms with Crippen molar-refractivity contribution >= 4 is 21.6 Å². The molecular weight excluding hydrogens is 368 g/mol. The number of fused-ring (bicyclic) bond motifs is 1. The van der Waals surface area contributed by atoms with Gasteiger partial charge in [-0.3, -0.25) is 4.79 Å². The van der Waals surface area contributed by atoms with E-state index in [9.17, 15) is 13.2 Å². The Morgan fingerprint density at radius 1 is 1.19 bits per heavy atom. The van der Waals surface area contributed by atoms with Crippen molar-refractivity contribution in [1.82, 2.24) is 4.72 Å². The van der Waals surface area contributed by atoms with Gasteiger partial charge in [0.15, 0.2) is 6.61 Å². The average molecular weight is 390 g/mol. The highest BCUT2D eigenvalue weighted by molar-refractivity contribution is 7.89. The molecule has 27 heavy (non-hydrogen) atoms. The van der Waals surface area contributed by atoms with Crippen molar-refractivity contribution in [3.63, 3.8) is 0 Å². The van der Waals surface area contributed by atoms with Gasteiger partial charge >= 0.3 is 0 Å². The standard InChI is InChI=1S/C19H22N2O5S/c1-2-11-20-27(23,24)16-9-7-15(8-10-16)26-14-19(22)21-12-13-25-18-6-4-3-5-17(18)21/h3-10,20H,2,11-14H2,1H3. The predicted octanol–water partition coefficient (Wildman–Crippen LogP) is 2.18. The Labute approximate surface area is 158 Å².